The summed E-state index contributed by atoms with van der Waals surface area (Å²) in [7, 11) is 0. The Morgan fingerprint density at radius 3 is 3.05 bits per heavy atom. The van der Waals surface area contributed by atoms with Crippen molar-refractivity contribution in [1.82, 2.24) is 24.6 Å². The molecule has 6 nitrogen and oxygen atoms in total. The van der Waals surface area contributed by atoms with Gasteiger partial charge in [0, 0.05) is 31.9 Å². The summed E-state index contributed by atoms with van der Waals surface area (Å²) in [6.45, 7) is 3.85. The van der Waals surface area contributed by atoms with E-state index in [0.717, 1.165) is 39.1 Å². The molecule has 2 fully saturated rings. The molecule has 0 saturated carbocycles. The van der Waals surface area contributed by atoms with Crippen LogP contribution in [0.25, 0.3) is 0 Å². The monoisotopic (exact) mass is 299 g/mol. The van der Waals surface area contributed by atoms with Crippen LogP contribution in [0.3, 0.4) is 0 Å². The number of nitrogens with zero attached hydrogens (tertiary/aromatic N) is 5. The summed E-state index contributed by atoms with van der Waals surface area (Å²) >= 11 is 0. The normalized spacial score (nSPS) is 29.2. The van der Waals surface area contributed by atoms with Crippen LogP contribution in [0.2, 0.25) is 0 Å². The Morgan fingerprint density at radius 1 is 1.32 bits per heavy atom. The Morgan fingerprint density at radius 2 is 2.23 bits per heavy atom. The first-order valence-corrected chi connectivity index (χ1v) is 7.92. The van der Waals surface area contributed by atoms with E-state index < -0.39 is 0 Å². The van der Waals surface area contributed by atoms with Crippen molar-refractivity contribution < 1.29 is 4.74 Å². The topological polar surface area (TPSA) is 56.1 Å². The fraction of sp³-hybridized carbons (Fsp3) is 0.562. The molecule has 4 rings (SSSR count). The maximum Gasteiger partial charge on any atom is 0.119 e. The number of pyridine rings is 1. The minimum absolute atomic E-state index is 0.00457. The molecule has 4 heterocycles. The van der Waals surface area contributed by atoms with Crippen LogP contribution in [0, 0.1) is 0 Å². The standard InChI is InChI=1S/C16H21N5O/c1-3-14(8-17-5-1)9-20-6-2-4-16(11-20)7-15(10-22-16)21-12-18-19-13-21/h1,3,5,8,12-13,15H,2,4,6-7,9-11H2/t15-,16-/m1/s1. The van der Waals surface area contributed by atoms with Crippen LogP contribution in [-0.4, -0.2) is 49.9 Å². The van der Waals surface area contributed by atoms with Gasteiger partial charge in [0.1, 0.15) is 12.7 Å². The van der Waals surface area contributed by atoms with Crippen LogP contribution < -0.4 is 0 Å². The van der Waals surface area contributed by atoms with E-state index in [9.17, 15) is 0 Å². The summed E-state index contributed by atoms with van der Waals surface area (Å²) in [5.74, 6) is 0. The number of piperidine rings is 1. The second-order valence-electron chi connectivity index (χ2n) is 6.44. The van der Waals surface area contributed by atoms with E-state index in [1.165, 1.54) is 12.0 Å². The molecule has 0 aromatic carbocycles. The maximum absolute atomic E-state index is 6.25. The minimum Gasteiger partial charge on any atom is -0.371 e. The van der Waals surface area contributed by atoms with Crippen LogP contribution in [0.1, 0.15) is 30.9 Å². The molecule has 0 bridgehead atoms. The highest BCUT2D eigenvalue weighted by molar-refractivity contribution is 5.09. The molecule has 0 aliphatic carbocycles. The zero-order valence-corrected chi connectivity index (χ0v) is 12.6. The molecule has 0 radical (unpaired) electrons. The summed E-state index contributed by atoms with van der Waals surface area (Å²) in [4.78, 5) is 6.70. The molecule has 116 valence electrons. The van der Waals surface area contributed by atoms with Gasteiger partial charge in [-0.05, 0) is 31.0 Å². The molecule has 2 saturated heterocycles. The summed E-state index contributed by atoms with van der Waals surface area (Å²) in [5, 5.41) is 7.82. The van der Waals surface area contributed by atoms with Crippen molar-refractivity contribution in [3.8, 4) is 0 Å². The van der Waals surface area contributed by atoms with Crippen molar-refractivity contribution in [2.75, 3.05) is 19.7 Å². The molecule has 2 aliphatic rings. The molecule has 1 spiro atoms. The van der Waals surface area contributed by atoms with Gasteiger partial charge in [-0.3, -0.25) is 9.88 Å². The SMILES string of the molecule is c1cncc(CN2CCC[C@@]3(C[C@@H](n4cnnc4)CO3)C2)c1. The van der Waals surface area contributed by atoms with Gasteiger partial charge in [0.2, 0.25) is 0 Å². The third kappa shape index (κ3) is 2.76. The molecule has 2 aliphatic heterocycles. The van der Waals surface area contributed by atoms with Gasteiger partial charge in [0.05, 0.1) is 18.2 Å². The predicted molar refractivity (Wildman–Crippen MR) is 81.1 cm³/mol. The Hall–Kier alpha value is -1.79. The maximum atomic E-state index is 6.25. The van der Waals surface area contributed by atoms with E-state index in [2.05, 4.69) is 30.7 Å². The number of aromatic nitrogens is 4. The van der Waals surface area contributed by atoms with Gasteiger partial charge in [0.15, 0.2) is 0 Å². The highest BCUT2D eigenvalue weighted by Crippen LogP contribution is 2.39. The van der Waals surface area contributed by atoms with Gasteiger partial charge >= 0.3 is 0 Å². The van der Waals surface area contributed by atoms with Crippen LogP contribution in [0.4, 0.5) is 0 Å². The summed E-state index contributed by atoms with van der Waals surface area (Å²) in [6, 6.07) is 4.51. The number of rotatable bonds is 3. The average molecular weight is 299 g/mol. The quantitative estimate of drug-likeness (QED) is 0.863. The highest BCUT2D eigenvalue weighted by atomic mass is 16.5. The number of ether oxygens (including phenoxy) is 1. The molecular formula is C16H21N5O. The number of hydrogen-bond acceptors (Lipinski definition) is 5. The van der Waals surface area contributed by atoms with Crippen molar-refractivity contribution in [3.63, 3.8) is 0 Å². The highest BCUT2D eigenvalue weighted by Gasteiger charge is 2.43. The molecule has 0 amide bonds. The molecule has 2 aromatic heterocycles. The van der Waals surface area contributed by atoms with Gasteiger partial charge < -0.3 is 9.30 Å². The number of hydrogen-bond donors (Lipinski definition) is 0. The van der Waals surface area contributed by atoms with Gasteiger partial charge in [0.25, 0.3) is 0 Å². The number of likely N-dealkylation sites (tertiary alicyclic amines) is 1. The van der Waals surface area contributed by atoms with Crippen molar-refractivity contribution in [1.29, 1.82) is 0 Å². The Labute approximate surface area is 130 Å². The first-order chi connectivity index (χ1) is 10.8. The van der Waals surface area contributed by atoms with Crippen molar-refractivity contribution >= 4 is 0 Å². The molecule has 22 heavy (non-hydrogen) atoms. The molecular weight excluding hydrogens is 278 g/mol. The van der Waals surface area contributed by atoms with E-state index in [4.69, 9.17) is 4.74 Å². The molecule has 2 atom stereocenters. The van der Waals surface area contributed by atoms with E-state index in [0.29, 0.717) is 6.04 Å². The smallest absolute Gasteiger partial charge is 0.119 e. The lowest BCUT2D eigenvalue weighted by Gasteiger charge is -2.39. The van der Waals surface area contributed by atoms with E-state index in [1.54, 1.807) is 12.7 Å². The Bertz CT molecular complexity index is 602. The molecule has 6 heteroatoms. The van der Waals surface area contributed by atoms with Crippen LogP contribution in [0.15, 0.2) is 37.2 Å². The molecule has 0 unspecified atom stereocenters. The second kappa shape index (κ2) is 5.78. The van der Waals surface area contributed by atoms with Crippen LogP contribution >= 0.6 is 0 Å². The third-order valence-electron chi connectivity index (χ3n) is 4.80. The lowest BCUT2D eigenvalue weighted by Crippen LogP contribution is -2.47. The first-order valence-electron chi connectivity index (χ1n) is 7.92. The van der Waals surface area contributed by atoms with Crippen LogP contribution in [-0.2, 0) is 11.3 Å². The summed E-state index contributed by atoms with van der Waals surface area (Å²) in [5.41, 5.74) is 1.27. The first kappa shape index (κ1) is 13.8. The zero-order chi connectivity index (χ0) is 14.8. The van der Waals surface area contributed by atoms with Crippen molar-refractivity contribution in [2.45, 2.75) is 37.5 Å². The van der Waals surface area contributed by atoms with Crippen LogP contribution in [0.5, 0.6) is 0 Å². The van der Waals surface area contributed by atoms with E-state index in [1.807, 2.05) is 18.5 Å². The van der Waals surface area contributed by atoms with E-state index >= 15 is 0 Å². The largest absolute Gasteiger partial charge is 0.371 e. The Kier molecular flexibility index (Phi) is 3.63. The lowest BCUT2D eigenvalue weighted by molar-refractivity contribution is -0.0535. The van der Waals surface area contributed by atoms with Gasteiger partial charge in [-0.2, -0.15) is 0 Å². The fourth-order valence-electron chi connectivity index (χ4n) is 3.77. The summed E-state index contributed by atoms with van der Waals surface area (Å²) < 4.78 is 8.33. The van der Waals surface area contributed by atoms with Crippen molar-refractivity contribution in [3.05, 3.63) is 42.7 Å². The predicted octanol–water partition coefficient (Wildman–Crippen LogP) is 1.67. The Balaban J connectivity index is 1.43. The van der Waals surface area contributed by atoms with E-state index in [-0.39, 0.29) is 5.60 Å². The summed E-state index contributed by atoms with van der Waals surface area (Å²) in [6.07, 6.45) is 10.8. The average Bonchev–Trinajstić information content (AvgIpc) is 3.19. The minimum atomic E-state index is -0.00457. The zero-order valence-electron chi connectivity index (χ0n) is 12.6. The second-order valence-corrected chi connectivity index (χ2v) is 6.44. The van der Waals surface area contributed by atoms with Crippen molar-refractivity contribution in [2.24, 2.45) is 0 Å². The van der Waals surface area contributed by atoms with Gasteiger partial charge in [-0.1, -0.05) is 6.07 Å². The lowest BCUT2D eigenvalue weighted by atomic mass is 9.88. The van der Waals surface area contributed by atoms with Gasteiger partial charge in [-0.15, -0.1) is 10.2 Å². The molecule has 0 N–H and O–H groups in total. The fourth-order valence-corrected chi connectivity index (χ4v) is 3.77. The molecule has 2 aromatic rings. The third-order valence-corrected chi connectivity index (χ3v) is 4.80. The van der Waals surface area contributed by atoms with Gasteiger partial charge in [-0.25, -0.2) is 0 Å².